The van der Waals surface area contributed by atoms with Crippen molar-refractivity contribution in [3.8, 4) is 0 Å². The Morgan fingerprint density at radius 1 is 0.935 bits per heavy atom. The molecular weight excluding hydrogens is 384 g/mol. The molecule has 0 unspecified atom stereocenters. The van der Waals surface area contributed by atoms with Crippen LogP contribution in [-0.4, -0.2) is 35.7 Å². The molecule has 5 nitrogen and oxygen atoms in total. The number of hydrogen-bond acceptors (Lipinski definition) is 4. The van der Waals surface area contributed by atoms with Gasteiger partial charge in [0.2, 0.25) is 5.91 Å². The molecule has 4 rings (SSSR count). The molecule has 5 heteroatoms. The van der Waals surface area contributed by atoms with E-state index in [9.17, 15) is 4.79 Å². The molecule has 1 fully saturated rings. The van der Waals surface area contributed by atoms with Gasteiger partial charge < -0.3 is 10.2 Å². The lowest BCUT2D eigenvalue weighted by atomic mass is 9.88. The van der Waals surface area contributed by atoms with Crippen LogP contribution in [-0.2, 0) is 4.79 Å². The summed E-state index contributed by atoms with van der Waals surface area (Å²) in [6, 6.07) is 25.1. The normalized spacial score (nSPS) is 14.6. The Labute approximate surface area is 184 Å². The van der Waals surface area contributed by atoms with E-state index >= 15 is 0 Å². The van der Waals surface area contributed by atoms with Gasteiger partial charge in [0.25, 0.3) is 0 Å². The highest BCUT2D eigenvalue weighted by Gasteiger charge is 2.26. The predicted octanol–water partition coefficient (Wildman–Crippen LogP) is 4.34. The van der Waals surface area contributed by atoms with Crippen LogP contribution in [0.1, 0.15) is 42.0 Å². The maximum Gasteiger partial charge on any atom is 0.223 e. The summed E-state index contributed by atoms with van der Waals surface area (Å²) in [6.45, 7) is 4.30. The van der Waals surface area contributed by atoms with Gasteiger partial charge >= 0.3 is 0 Å². The topological polar surface area (TPSA) is 58.1 Å². The van der Waals surface area contributed by atoms with Crippen molar-refractivity contribution >= 4 is 11.7 Å². The summed E-state index contributed by atoms with van der Waals surface area (Å²) in [6.07, 6.45) is 2.59. The van der Waals surface area contributed by atoms with Gasteiger partial charge in [-0.25, -0.2) is 0 Å². The Hall–Kier alpha value is -3.21. The minimum absolute atomic E-state index is 0.0709. The van der Waals surface area contributed by atoms with Gasteiger partial charge in [0.05, 0.1) is 5.69 Å². The number of aryl methyl sites for hydroxylation is 1. The number of piperidine rings is 1. The van der Waals surface area contributed by atoms with Crippen molar-refractivity contribution in [3.63, 3.8) is 0 Å². The second kappa shape index (κ2) is 10.2. The van der Waals surface area contributed by atoms with Crippen LogP contribution in [0.5, 0.6) is 0 Å². The summed E-state index contributed by atoms with van der Waals surface area (Å²) in [5.74, 6) is 1.43. The molecule has 1 amide bonds. The average molecular weight is 415 g/mol. The smallest absolute Gasteiger partial charge is 0.223 e. The lowest BCUT2D eigenvalue weighted by Crippen LogP contribution is -2.41. The van der Waals surface area contributed by atoms with Gasteiger partial charge in [0, 0.05) is 31.5 Å². The summed E-state index contributed by atoms with van der Waals surface area (Å²) >= 11 is 0. The molecule has 1 aliphatic rings. The third-order valence-electron chi connectivity index (χ3n) is 6.11. The van der Waals surface area contributed by atoms with E-state index in [0.29, 0.717) is 6.54 Å². The molecular formula is C26H30N4O. The number of carbonyl (C=O) groups excluding carboxylic acids is 1. The largest absolute Gasteiger partial charge is 0.356 e. The number of hydrogen-bond donors (Lipinski definition) is 1. The van der Waals surface area contributed by atoms with Crippen molar-refractivity contribution in [2.75, 3.05) is 24.5 Å². The first kappa shape index (κ1) is 21.0. The molecule has 0 bridgehead atoms. The molecule has 0 aliphatic carbocycles. The lowest BCUT2D eigenvalue weighted by molar-refractivity contribution is -0.125. The van der Waals surface area contributed by atoms with Gasteiger partial charge in [-0.1, -0.05) is 60.7 Å². The SMILES string of the molecule is Cc1ccc(N2CCC(C(=O)NCCC(c3ccccc3)c3ccccc3)CC2)nn1. The minimum atomic E-state index is 0.0709. The van der Waals surface area contributed by atoms with Crippen LogP contribution in [0.3, 0.4) is 0 Å². The highest BCUT2D eigenvalue weighted by molar-refractivity contribution is 5.79. The number of nitrogens with one attached hydrogen (secondary N) is 1. The van der Waals surface area contributed by atoms with Crippen LogP contribution >= 0.6 is 0 Å². The Morgan fingerprint density at radius 3 is 2.10 bits per heavy atom. The first-order chi connectivity index (χ1) is 15.2. The Morgan fingerprint density at radius 2 is 1.55 bits per heavy atom. The lowest BCUT2D eigenvalue weighted by Gasteiger charge is -2.32. The number of carbonyl (C=O) groups is 1. The molecule has 2 heterocycles. The number of benzene rings is 2. The third kappa shape index (κ3) is 5.48. The van der Waals surface area contributed by atoms with Gasteiger partial charge in [-0.3, -0.25) is 4.79 Å². The predicted molar refractivity (Wildman–Crippen MR) is 124 cm³/mol. The molecule has 1 aliphatic heterocycles. The number of rotatable bonds is 7. The molecule has 1 N–H and O–H groups in total. The summed E-state index contributed by atoms with van der Waals surface area (Å²) in [5.41, 5.74) is 3.49. The van der Waals surface area contributed by atoms with Gasteiger partial charge in [-0.15, -0.1) is 5.10 Å². The standard InChI is InChI=1S/C26H30N4O/c1-20-12-13-25(29-28-20)30-18-15-23(16-19-30)26(31)27-17-14-24(21-8-4-2-5-9-21)22-10-6-3-7-11-22/h2-13,23-24H,14-19H2,1H3,(H,27,31). The molecule has 0 saturated carbocycles. The molecule has 1 saturated heterocycles. The minimum Gasteiger partial charge on any atom is -0.356 e. The molecule has 0 radical (unpaired) electrons. The zero-order chi connectivity index (χ0) is 21.5. The molecule has 31 heavy (non-hydrogen) atoms. The zero-order valence-corrected chi connectivity index (χ0v) is 18.1. The fraction of sp³-hybridized carbons (Fsp3) is 0.346. The van der Waals surface area contributed by atoms with Crippen molar-refractivity contribution < 1.29 is 4.79 Å². The van der Waals surface area contributed by atoms with E-state index in [0.717, 1.165) is 43.9 Å². The van der Waals surface area contributed by atoms with Crippen LogP contribution in [0.25, 0.3) is 0 Å². The Kier molecular flexibility index (Phi) is 6.92. The molecule has 1 aromatic heterocycles. The summed E-state index contributed by atoms with van der Waals surface area (Å²) in [4.78, 5) is 15.0. The van der Waals surface area contributed by atoms with Crippen LogP contribution in [0.2, 0.25) is 0 Å². The number of aromatic nitrogens is 2. The quantitative estimate of drug-likeness (QED) is 0.625. The van der Waals surface area contributed by atoms with E-state index in [1.54, 1.807) is 0 Å². The maximum absolute atomic E-state index is 12.8. The number of anilines is 1. The van der Waals surface area contributed by atoms with E-state index < -0.39 is 0 Å². The van der Waals surface area contributed by atoms with Gasteiger partial charge in [-0.05, 0) is 49.4 Å². The van der Waals surface area contributed by atoms with E-state index in [1.165, 1.54) is 11.1 Å². The summed E-state index contributed by atoms with van der Waals surface area (Å²) in [5, 5.41) is 11.6. The number of amides is 1. The summed E-state index contributed by atoms with van der Waals surface area (Å²) in [7, 11) is 0. The first-order valence-electron chi connectivity index (χ1n) is 11.1. The fourth-order valence-corrected chi connectivity index (χ4v) is 4.31. The van der Waals surface area contributed by atoms with E-state index in [2.05, 4.69) is 68.9 Å². The number of nitrogens with zero attached hydrogens (tertiary/aromatic N) is 3. The van der Waals surface area contributed by atoms with Crippen LogP contribution in [0, 0.1) is 12.8 Å². The average Bonchev–Trinajstić information content (AvgIpc) is 2.83. The van der Waals surface area contributed by atoms with Crippen LogP contribution in [0.15, 0.2) is 72.8 Å². The van der Waals surface area contributed by atoms with Crippen molar-refractivity contribution in [2.24, 2.45) is 5.92 Å². The summed E-state index contributed by atoms with van der Waals surface area (Å²) < 4.78 is 0. The van der Waals surface area contributed by atoms with Crippen LogP contribution < -0.4 is 10.2 Å². The Bertz CT molecular complexity index is 912. The molecule has 0 atom stereocenters. The molecule has 0 spiro atoms. The van der Waals surface area contributed by atoms with E-state index in [4.69, 9.17) is 0 Å². The molecule has 160 valence electrons. The second-order valence-corrected chi connectivity index (χ2v) is 8.25. The van der Waals surface area contributed by atoms with E-state index in [1.807, 2.05) is 31.2 Å². The van der Waals surface area contributed by atoms with Crippen molar-refractivity contribution in [3.05, 3.63) is 89.6 Å². The van der Waals surface area contributed by atoms with Crippen molar-refractivity contribution in [2.45, 2.75) is 32.1 Å². The monoisotopic (exact) mass is 414 g/mol. The first-order valence-corrected chi connectivity index (χ1v) is 11.1. The fourth-order valence-electron chi connectivity index (χ4n) is 4.31. The van der Waals surface area contributed by atoms with Crippen molar-refractivity contribution in [1.29, 1.82) is 0 Å². The highest BCUT2D eigenvalue weighted by Crippen LogP contribution is 2.27. The van der Waals surface area contributed by atoms with Crippen LogP contribution in [0.4, 0.5) is 5.82 Å². The second-order valence-electron chi connectivity index (χ2n) is 8.25. The molecule has 2 aromatic carbocycles. The van der Waals surface area contributed by atoms with Gasteiger partial charge in [0.1, 0.15) is 0 Å². The molecule has 3 aromatic rings. The maximum atomic E-state index is 12.8. The Balaban J connectivity index is 1.29. The van der Waals surface area contributed by atoms with E-state index in [-0.39, 0.29) is 17.7 Å². The third-order valence-corrected chi connectivity index (χ3v) is 6.11. The van der Waals surface area contributed by atoms with Gasteiger partial charge in [-0.2, -0.15) is 5.10 Å². The van der Waals surface area contributed by atoms with Crippen molar-refractivity contribution in [1.82, 2.24) is 15.5 Å². The van der Waals surface area contributed by atoms with Gasteiger partial charge in [0.15, 0.2) is 5.82 Å². The zero-order valence-electron chi connectivity index (χ0n) is 18.1. The highest BCUT2D eigenvalue weighted by atomic mass is 16.1.